The Labute approximate surface area is 70.3 Å². The van der Waals surface area contributed by atoms with Gasteiger partial charge >= 0.3 is 6.03 Å². The second kappa shape index (κ2) is 3.87. The highest BCUT2D eigenvalue weighted by molar-refractivity contribution is 5.97. The topological polar surface area (TPSA) is 76.7 Å². The molecule has 5 heteroatoms. The highest BCUT2D eigenvalue weighted by Gasteiger charge is 2.06. The summed E-state index contributed by atoms with van der Waals surface area (Å²) in [5.41, 5.74) is 7.60. The van der Waals surface area contributed by atoms with E-state index in [2.05, 4.69) is 10.5 Å². The average Bonchev–Trinajstić information content (AvgIpc) is 2.03. The van der Waals surface area contributed by atoms with Crippen molar-refractivity contribution in [2.45, 2.75) is 13.0 Å². The summed E-state index contributed by atoms with van der Waals surface area (Å²) >= 11 is 0. The first-order chi connectivity index (χ1) is 5.68. The number of amides is 2. The molecule has 0 aromatic carbocycles. The van der Waals surface area contributed by atoms with Crippen LogP contribution in [0, 0.1) is 0 Å². The molecule has 1 rings (SSSR count). The monoisotopic (exact) mass is 169 g/mol. The van der Waals surface area contributed by atoms with E-state index in [-0.39, 0.29) is 6.10 Å². The largest absolute Gasteiger partial charge is 0.368 e. The molecule has 0 spiro atoms. The lowest BCUT2D eigenvalue weighted by atomic mass is 10.2. The lowest BCUT2D eigenvalue weighted by molar-refractivity contribution is 0.127. The molecule has 1 unspecified atom stereocenters. The van der Waals surface area contributed by atoms with Gasteiger partial charge in [0.25, 0.3) is 0 Å². The maximum absolute atomic E-state index is 10.2. The summed E-state index contributed by atoms with van der Waals surface area (Å²) < 4.78 is 5.21. The van der Waals surface area contributed by atoms with Crippen LogP contribution in [-0.2, 0) is 4.74 Å². The fourth-order valence-corrected chi connectivity index (χ4v) is 0.764. The molecule has 0 aromatic heterocycles. The Morgan fingerprint density at radius 1 is 1.92 bits per heavy atom. The van der Waals surface area contributed by atoms with Crippen molar-refractivity contribution >= 4 is 11.7 Å². The molecular formula is C7H11N3O2. The zero-order valence-corrected chi connectivity index (χ0v) is 6.78. The fourth-order valence-electron chi connectivity index (χ4n) is 0.764. The Kier molecular flexibility index (Phi) is 2.82. The summed E-state index contributed by atoms with van der Waals surface area (Å²) in [4.78, 5) is 10.2. The lowest BCUT2D eigenvalue weighted by Gasteiger charge is -2.13. The van der Waals surface area contributed by atoms with Crippen LogP contribution in [0.15, 0.2) is 17.3 Å². The van der Waals surface area contributed by atoms with Gasteiger partial charge in [-0.2, -0.15) is 5.10 Å². The van der Waals surface area contributed by atoms with E-state index in [0.29, 0.717) is 12.3 Å². The first-order valence-corrected chi connectivity index (χ1v) is 3.60. The fraction of sp³-hybridized carbons (Fsp3) is 0.429. The number of urea groups is 1. The summed E-state index contributed by atoms with van der Waals surface area (Å²) in [7, 11) is 0. The van der Waals surface area contributed by atoms with Gasteiger partial charge in [0.15, 0.2) is 0 Å². The molecule has 3 N–H and O–H groups in total. The Morgan fingerprint density at radius 2 is 2.67 bits per heavy atom. The molecule has 0 bridgehead atoms. The van der Waals surface area contributed by atoms with Gasteiger partial charge in [-0.1, -0.05) is 6.08 Å². The molecule has 0 saturated carbocycles. The summed E-state index contributed by atoms with van der Waals surface area (Å²) in [6.07, 6.45) is 3.76. The standard InChI is InChI=1S/C7H11N3O2/c1-5-2-3-6(4-12-5)9-10-7(8)11/h2-3,5H,4H2,1H3,(H3,8,10,11)/b9-6+. The number of carbonyl (C=O) groups excluding carboxylic acids is 1. The van der Waals surface area contributed by atoms with Crippen LogP contribution in [0.5, 0.6) is 0 Å². The molecule has 1 aliphatic heterocycles. The SMILES string of the molecule is CC1C=C/C(=N\NC(N)=O)CO1. The van der Waals surface area contributed by atoms with E-state index < -0.39 is 6.03 Å². The quantitative estimate of drug-likeness (QED) is 0.541. The van der Waals surface area contributed by atoms with Crippen LogP contribution < -0.4 is 11.2 Å². The molecule has 1 heterocycles. The zero-order chi connectivity index (χ0) is 8.97. The molecule has 12 heavy (non-hydrogen) atoms. The third-order valence-corrected chi connectivity index (χ3v) is 1.36. The van der Waals surface area contributed by atoms with E-state index in [0.717, 1.165) is 0 Å². The van der Waals surface area contributed by atoms with Gasteiger partial charge in [0.1, 0.15) is 0 Å². The van der Waals surface area contributed by atoms with Crippen molar-refractivity contribution in [3.63, 3.8) is 0 Å². The number of nitrogens with two attached hydrogens (primary N) is 1. The molecule has 5 nitrogen and oxygen atoms in total. The number of carbonyl (C=O) groups is 1. The van der Waals surface area contributed by atoms with E-state index in [4.69, 9.17) is 10.5 Å². The van der Waals surface area contributed by atoms with Crippen molar-refractivity contribution < 1.29 is 9.53 Å². The number of nitrogens with zero attached hydrogens (tertiary/aromatic N) is 1. The van der Waals surface area contributed by atoms with Crippen LogP contribution in [0.4, 0.5) is 4.79 Å². The molecule has 0 radical (unpaired) electrons. The van der Waals surface area contributed by atoms with Gasteiger partial charge in [0.2, 0.25) is 0 Å². The van der Waals surface area contributed by atoms with Gasteiger partial charge in [0, 0.05) is 0 Å². The summed E-state index contributed by atoms with van der Waals surface area (Å²) in [6.45, 7) is 2.33. The Bertz CT molecular complexity index is 235. The number of hydrogen-bond donors (Lipinski definition) is 2. The third-order valence-electron chi connectivity index (χ3n) is 1.36. The first kappa shape index (κ1) is 8.73. The third kappa shape index (κ3) is 2.71. The van der Waals surface area contributed by atoms with Crippen LogP contribution in [0.3, 0.4) is 0 Å². The Hall–Kier alpha value is -1.36. The summed E-state index contributed by atoms with van der Waals surface area (Å²) in [5, 5.41) is 3.70. The highest BCUT2D eigenvalue weighted by Crippen LogP contribution is 2.00. The molecule has 1 atom stereocenters. The predicted octanol–water partition coefficient (Wildman–Crippen LogP) is -0.0144. The van der Waals surface area contributed by atoms with Crippen molar-refractivity contribution in [3.05, 3.63) is 12.2 Å². The van der Waals surface area contributed by atoms with Crippen LogP contribution >= 0.6 is 0 Å². The normalized spacial score (nSPS) is 25.8. The second-order valence-electron chi connectivity index (χ2n) is 2.45. The number of ether oxygens (including phenoxy) is 1. The van der Waals surface area contributed by atoms with Gasteiger partial charge in [-0.05, 0) is 13.0 Å². The molecule has 0 fully saturated rings. The minimum absolute atomic E-state index is 0.109. The van der Waals surface area contributed by atoms with Crippen LogP contribution in [0.25, 0.3) is 0 Å². The smallest absolute Gasteiger partial charge is 0.332 e. The van der Waals surface area contributed by atoms with Crippen molar-refractivity contribution in [2.24, 2.45) is 10.8 Å². The first-order valence-electron chi connectivity index (χ1n) is 3.60. The highest BCUT2D eigenvalue weighted by atomic mass is 16.5. The maximum Gasteiger partial charge on any atom is 0.332 e. The Morgan fingerprint density at radius 3 is 3.17 bits per heavy atom. The van der Waals surface area contributed by atoms with E-state index in [1.165, 1.54) is 0 Å². The number of hydrogen-bond acceptors (Lipinski definition) is 3. The molecule has 0 aliphatic carbocycles. The van der Waals surface area contributed by atoms with E-state index in [1.807, 2.05) is 13.0 Å². The van der Waals surface area contributed by atoms with Crippen molar-refractivity contribution in [2.75, 3.05) is 6.61 Å². The maximum atomic E-state index is 10.2. The van der Waals surface area contributed by atoms with Crippen molar-refractivity contribution in [1.29, 1.82) is 0 Å². The zero-order valence-electron chi connectivity index (χ0n) is 6.78. The van der Waals surface area contributed by atoms with Gasteiger partial charge < -0.3 is 10.5 Å². The minimum atomic E-state index is -0.672. The Balaban J connectivity index is 2.48. The van der Waals surface area contributed by atoms with Crippen molar-refractivity contribution in [3.8, 4) is 0 Å². The van der Waals surface area contributed by atoms with Crippen LogP contribution in [-0.4, -0.2) is 24.5 Å². The van der Waals surface area contributed by atoms with Gasteiger partial charge in [0.05, 0.1) is 18.4 Å². The van der Waals surface area contributed by atoms with E-state index in [9.17, 15) is 4.79 Å². The molecule has 66 valence electrons. The van der Waals surface area contributed by atoms with E-state index >= 15 is 0 Å². The summed E-state index contributed by atoms with van der Waals surface area (Å²) in [6, 6.07) is -0.672. The van der Waals surface area contributed by atoms with Crippen molar-refractivity contribution in [1.82, 2.24) is 5.43 Å². The van der Waals surface area contributed by atoms with Gasteiger partial charge in [-0.15, -0.1) is 0 Å². The average molecular weight is 169 g/mol. The molecular weight excluding hydrogens is 158 g/mol. The number of primary amides is 1. The molecule has 2 amide bonds. The van der Waals surface area contributed by atoms with E-state index in [1.54, 1.807) is 6.08 Å². The second-order valence-corrected chi connectivity index (χ2v) is 2.45. The number of hydrazone groups is 1. The van der Waals surface area contributed by atoms with Gasteiger partial charge in [-0.25, -0.2) is 10.2 Å². The predicted molar refractivity (Wildman–Crippen MR) is 44.7 cm³/mol. The minimum Gasteiger partial charge on any atom is -0.368 e. The number of nitrogens with one attached hydrogen (secondary N) is 1. The molecule has 1 aliphatic rings. The van der Waals surface area contributed by atoms with Crippen LogP contribution in [0.1, 0.15) is 6.92 Å². The molecule has 0 saturated heterocycles. The van der Waals surface area contributed by atoms with Gasteiger partial charge in [-0.3, -0.25) is 0 Å². The molecule has 0 aromatic rings. The summed E-state index contributed by atoms with van der Waals surface area (Å²) in [5.74, 6) is 0. The lowest BCUT2D eigenvalue weighted by Crippen LogP contribution is -2.27. The number of rotatable bonds is 1. The van der Waals surface area contributed by atoms with Crippen LogP contribution in [0.2, 0.25) is 0 Å².